The molecule has 0 aliphatic heterocycles. The molecule has 0 aliphatic rings. The third-order valence-corrected chi connectivity index (χ3v) is 3.01. The standard InChI is InChI=1S/C14H8N4O3/c19-14-16-10-4-3-8(6-11(10)20-14)13-17-12(18-21-13)9-2-1-5-15-7-9/h1-7H,(H,16,19). The molecule has 7 nitrogen and oxygen atoms in total. The van der Waals surface area contributed by atoms with Crippen LogP contribution in [0.5, 0.6) is 0 Å². The maximum absolute atomic E-state index is 11.1. The van der Waals surface area contributed by atoms with Crippen LogP contribution in [0.3, 0.4) is 0 Å². The maximum Gasteiger partial charge on any atom is 0.417 e. The Balaban J connectivity index is 1.78. The second-order valence-electron chi connectivity index (χ2n) is 4.39. The van der Waals surface area contributed by atoms with Gasteiger partial charge in [-0.25, -0.2) is 4.79 Å². The number of benzene rings is 1. The molecule has 0 spiro atoms. The molecule has 0 radical (unpaired) electrons. The highest BCUT2D eigenvalue weighted by Gasteiger charge is 2.12. The van der Waals surface area contributed by atoms with Crippen LogP contribution in [0.25, 0.3) is 33.9 Å². The van der Waals surface area contributed by atoms with Gasteiger partial charge in [0.25, 0.3) is 5.89 Å². The van der Waals surface area contributed by atoms with Crippen molar-refractivity contribution in [2.75, 3.05) is 0 Å². The molecule has 1 aromatic carbocycles. The molecular formula is C14H8N4O3. The van der Waals surface area contributed by atoms with Crippen molar-refractivity contribution in [1.29, 1.82) is 0 Å². The van der Waals surface area contributed by atoms with Gasteiger partial charge in [-0.15, -0.1) is 0 Å². The van der Waals surface area contributed by atoms with Gasteiger partial charge < -0.3 is 8.94 Å². The molecule has 0 aliphatic carbocycles. The van der Waals surface area contributed by atoms with Crippen LogP contribution in [0.4, 0.5) is 0 Å². The molecule has 102 valence electrons. The van der Waals surface area contributed by atoms with E-state index in [9.17, 15) is 4.79 Å². The van der Waals surface area contributed by atoms with Crippen LogP contribution >= 0.6 is 0 Å². The second-order valence-corrected chi connectivity index (χ2v) is 4.39. The summed E-state index contributed by atoms with van der Waals surface area (Å²) in [6, 6.07) is 8.81. The monoisotopic (exact) mass is 280 g/mol. The number of fused-ring (bicyclic) bond motifs is 1. The van der Waals surface area contributed by atoms with Gasteiger partial charge in [0.15, 0.2) is 5.58 Å². The number of pyridine rings is 1. The number of nitrogens with one attached hydrogen (secondary N) is 1. The van der Waals surface area contributed by atoms with Gasteiger partial charge in [0.2, 0.25) is 5.82 Å². The summed E-state index contributed by atoms with van der Waals surface area (Å²) >= 11 is 0. The fraction of sp³-hybridized carbons (Fsp3) is 0. The zero-order valence-electron chi connectivity index (χ0n) is 10.6. The fourth-order valence-corrected chi connectivity index (χ4v) is 2.03. The van der Waals surface area contributed by atoms with E-state index in [2.05, 4.69) is 20.1 Å². The lowest BCUT2D eigenvalue weighted by molar-refractivity contribution is 0.432. The fourth-order valence-electron chi connectivity index (χ4n) is 2.03. The number of oxazole rings is 1. The summed E-state index contributed by atoms with van der Waals surface area (Å²) in [6.07, 6.45) is 3.33. The van der Waals surface area contributed by atoms with Gasteiger partial charge in [-0.05, 0) is 30.3 Å². The summed E-state index contributed by atoms with van der Waals surface area (Å²) < 4.78 is 10.3. The molecule has 21 heavy (non-hydrogen) atoms. The summed E-state index contributed by atoms with van der Waals surface area (Å²) in [6.45, 7) is 0. The van der Waals surface area contributed by atoms with E-state index in [-0.39, 0.29) is 0 Å². The normalized spacial score (nSPS) is 11.0. The minimum absolute atomic E-state index is 0.347. The van der Waals surface area contributed by atoms with Crippen molar-refractivity contribution >= 4 is 11.1 Å². The maximum atomic E-state index is 11.1. The number of hydrogen-bond acceptors (Lipinski definition) is 6. The second kappa shape index (κ2) is 4.41. The van der Waals surface area contributed by atoms with E-state index in [0.717, 1.165) is 5.56 Å². The summed E-state index contributed by atoms with van der Waals surface area (Å²) in [5.74, 6) is 0.303. The molecule has 0 unspecified atom stereocenters. The molecule has 0 amide bonds. The number of rotatable bonds is 2. The highest BCUT2D eigenvalue weighted by Crippen LogP contribution is 2.24. The highest BCUT2D eigenvalue weighted by atomic mass is 16.5. The molecule has 4 aromatic rings. The van der Waals surface area contributed by atoms with Crippen LogP contribution in [-0.4, -0.2) is 20.1 Å². The summed E-state index contributed by atoms with van der Waals surface area (Å²) in [5, 5.41) is 3.92. The molecular weight excluding hydrogens is 272 g/mol. The Kier molecular flexibility index (Phi) is 2.43. The lowest BCUT2D eigenvalue weighted by Crippen LogP contribution is -1.92. The third kappa shape index (κ3) is 2.00. The quantitative estimate of drug-likeness (QED) is 0.604. The van der Waals surface area contributed by atoms with Crippen LogP contribution in [-0.2, 0) is 0 Å². The largest absolute Gasteiger partial charge is 0.417 e. The molecule has 0 saturated carbocycles. The van der Waals surface area contributed by atoms with Gasteiger partial charge in [0.05, 0.1) is 5.52 Å². The van der Waals surface area contributed by atoms with E-state index < -0.39 is 5.76 Å². The minimum atomic E-state index is -0.497. The van der Waals surface area contributed by atoms with Crippen LogP contribution in [0, 0.1) is 0 Å². The van der Waals surface area contributed by atoms with Crippen molar-refractivity contribution in [3.8, 4) is 22.8 Å². The van der Waals surface area contributed by atoms with E-state index in [0.29, 0.717) is 28.4 Å². The summed E-state index contributed by atoms with van der Waals surface area (Å²) in [7, 11) is 0. The summed E-state index contributed by atoms with van der Waals surface area (Å²) in [5.41, 5.74) is 2.50. The van der Waals surface area contributed by atoms with Gasteiger partial charge >= 0.3 is 5.76 Å². The smallest absolute Gasteiger partial charge is 0.408 e. The van der Waals surface area contributed by atoms with Crippen molar-refractivity contribution in [3.63, 3.8) is 0 Å². The van der Waals surface area contributed by atoms with Gasteiger partial charge in [0, 0.05) is 23.5 Å². The molecule has 0 atom stereocenters. The number of aromatic amines is 1. The van der Waals surface area contributed by atoms with Crippen molar-refractivity contribution in [1.82, 2.24) is 20.1 Å². The van der Waals surface area contributed by atoms with Gasteiger partial charge in [-0.1, -0.05) is 5.16 Å². The third-order valence-electron chi connectivity index (χ3n) is 3.01. The van der Waals surface area contributed by atoms with Crippen LogP contribution in [0.15, 0.2) is 56.5 Å². The zero-order valence-corrected chi connectivity index (χ0v) is 10.6. The number of H-pyrrole nitrogens is 1. The van der Waals surface area contributed by atoms with Gasteiger partial charge in [-0.2, -0.15) is 4.98 Å². The van der Waals surface area contributed by atoms with Crippen molar-refractivity contribution < 1.29 is 8.94 Å². The Bertz CT molecular complexity index is 968. The van der Waals surface area contributed by atoms with Crippen LogP contribution in [0.2, 0.25) is 0 Å². The topological polar surface area (TPSA) is 97.8 Å². The lowest BCUT2D eigenvalue weighted by atomic mass is 10.2. The average Bonchev–Trinajstić information content (AvgIpc) is 3.12. The SMILES string of the molecule is O=c1[nH]c2ccc(-c3nc(-c4cccnc4)no3)cc2o1. The first-order valence-electron chi connectivity index (χ1n) is 6.17. The molecule has 0 bridgehead atoms. The van der Waals surface area contributed by atoms with Crippen molar-refractivity contribution in [2.45, 2.75) is 0 Å². The first-order chi connectivity index (χ1) is 10.3. The van der Waals surface area contributed by atoms with E-state index in [4.69, 9.17) is 8.94 Å². The average molecular weight is 280 g/mol. The number of nitrogens with zero attached hydrogens (tertiary/aromatic N) is 3. The van der Waals surface area contributed by atoms with Crippen LogP contribution < -0.4 is 5.76 Å². The Hall–Kier alpha value is -3.22. The number of hydrogen-bond donors (Lipinski definition) is 1. The number of aromatic nitrogens is 4. The van der Waals surface area contributed by atoms with Crippen molar-refractivity contribution in [3.05, 3.63) is 53.3 Å². The molecule has 3 aromatic heterocycles. The van der Waals surface area contributed by atoms with E-state index in [1.165, 1.54) is 0 Å². The molecule has 1 N–H and O–H groups in total. The Morgan fingerprint density at radius 2 is 2.10 bits per heavy atom. The Morgan fingerprint density at radius 1 is 1.14 bits per heavy atom. The van der Waals surface area contributed by atoms with Crippen molar-refractivity contribution in [2.24, 2.45) is 0 Å². The van der Waals surface area contributed by atoms with E-state index >= 15 is 0 Å². The molecule has 7 heteroatoms. The predicted octanol–water partition coefficient (Wildman–Crippen LogP) is 2.23. The predicted molar refractivity (Wildman–Crippen MR) is 73.4 cm³/mol. The van der Waals surface area contributed by atoms with Gasteiger partial charge in [0.1, 0.15) is 0 Å². The molecule has 0 saturated heterocycles. The lowest BCUT2D eigenvalue weighted by Gasteiger charge is -1.93. The summed E-state index contributed by atoms with van der Waals surface area (Å²) in [4.78, 5) is 22.0. The molecule has 0 fully saturated rings. The van der Waals surface area contributed by atoms with E-state index in [1.807, 2.05) is 6.07 Å². The minimum Gasteiger partial charge on any atom is -0.408 e. The van der Waals surface area contributed by atoms with Crippen LogP contribution in [0.1, 0.15) is 0 Å². The first kappa shape index (κ1) is 11.6. The molecule has 3 heterocycles. The Labute approximate surface area is 117 Å². The highest BCUT2D eigenvalue weighted by molar-refractivity contribution is 5.78. The van der Waals surface area contributed by atoms with E-state index in [1.54, 1.807) is 36.7 Å². The molecule has 4 rings (SSSR count). The van der Waals surface area contributed by atoms with Gasteiger partial charge in [-0.3, -0.25) is 9.97 Å². The Morgan fingerprint density at radius 3 is 2.95 bits per heavy atom. The zero-order chi connectivity index (χ0) is 14.2. The first-order valence-corrected chi connectivity index (χ1v) is 6.17.